The number of rotatable bonds is 9. The molecule has 1 heterocycles. The minimum absolute atomic E-state index is 0.200. The SMILES string of the molecule is CC(C)(NC(C(=O)O)C(O)c1nccn1Cc1ccccc1)OC=O. The molecular weight excluding hydrogens is 326 g/mol. The number of nitrogens with zero attached hydrogens (tertiary/aromatic N) is 2. The summed E-state index contributed by atoms with van der Waals surface area (Å²) in [6, 6.07) is 8.11. The second-order valence-electron chi connectivity index (χ2n) is 6.03. The number of aromatic nitrogens is 2. The number of aliphatic hydroxyl groups excluding tert-OH is 1. The molecule has 0 bridgehead atoms. The number of carboxylic acids is 1. The molecule has 1 aromatic heterocycles. The number of aliphatic hydroxyl groups is 1. The van der Waals surface area contributed by atoms with Gasteiger partial charge in [-0.25, -0.2) is 4.98 Å². The number of hydrogen-bond acceptors (Lipinski definition) is 6. The Balaban J connectivity index is 2.22. The van der Waals surface area contributed by atoms with Gasteiger partial charge in [-0.05, 0) is 19.4 Å². The Morgan fingerprint density at radius 3 is 2.68 bits per heavy atom. The fourth-order valence-corrected chi connectivity index (χ4v) is 2.45. The fourth-order valence-electron chi connectivity index (χ4n) is 2.45. The second kappa shape index (κ2) is 7.91. The monoisotopic (exact) mass is 347 g/mol. The summed E-state index contributed by atoms with van der Waals surface area (Å²) in [5.41, 5.74) is -0.277. The topological polar surface area (TPSA) is 114 Å². The molecule has 0 radical (unpaired) electrons. The molecule has 0 saturated heterocycles. The van der Waals surface area contributed by atoms with Crippen LogP contribution in [-0.4, -0.2) is 44.0 Å². The molecule has 3 N–H and O–H groups in total. The predicted molar refractivity (Wildman–Crippen MR) is 88.5 cm³/mol. The average Bonchev–Trinajstić information content (AvgIpc) is 3.01. The zero-order chi connectivity index (χ0) is 18.4. The van der Waals surface area contributed by atoms with E-state index in [1.807, 2.05) is 30.3 Å². The number of imidazole rings is 1. The smallest absolute Gasteiger partial charge is 0.324 e. The molecule has 134 valence electrons. The van der Waals surface area contributed by atoms with Crippen LogP contribution in [0.1, 0.15) is 31.3 Å². The summed E-state index contributed by atoms with van der Waals surface area (Å²) in [5, 5.41) is 22.6. The zero-order valence-electron chi connectivity index (χ0n) is 14.0. The van der Waals surface area contributed by atoms with Gasteiger partial charge in [0.05, 0.1) is 0 Å². The molecule has 2 unspecified atom stereocenters. The highest BCUT2D eigenvalue weighted by atomic mass is 16.6. The van der Waals surface area contributed by atoms with Gasteiger partial charge in [-0.3, -0.25) is 14.9 Å². The van der Waals surface area contributed by atoms with Gasteiger partial charge in [0, 0.05) is 18.9 Å². The van der Waals surface area contributed by atoms with Crippen LogP contribution >= 0.6 is 0 Å². The van der Waals surface area contributed by atoms with Gasteiger partial charge >= 0.3 is 5.97 Å². The molecule has 0 spiro atoms. The molecule has 0 fully saturated rings. The zero-order valence-corrected chi connectivity index (χ0v) is 14.0. The molecule has 0 aliphatic carbocycles. The quantitative estimate of drug-likeness (QED) is 0.456. The van der Waals surface area contributed by atoms with Crippen LogP contribution in [0.3, 0.4) is 0 Å². The number of hydrogen-bond donors (Lipinski definition) is 3. The van der Waals surface area contributed by atoms with Gasteiger partial charge in [-0.2, -0.15) is 0 Å². The van der Waals surface area contributed by atoms with Crippen LogP contribution in [0, 0.1) is 0 Å². The standard InChI is InChI=1S/C17H21N3O5/c1-17(2,25-11-21)19-13(16(23)24)14(22)15-18-8-9-20(15)10-12-6-4-3-5-7-12/h3-9,11,13-14,19,22H,10H2,1-2H3,(H,23,24). The number of ether oxygens (including phenoxy) is 1. The van der Waals surface area contributed by atoms with E-state index in [0.717, 1.165) is 5.56 Å². The van der Waals surface area contributed by atoms with E-state index in [0.29, 0.717) is 6.54 Å². The third-order valence-corrected chi connectivity index (χ3v) is 3.64. The van der Waals surface area contributed by atoms with E-state index in [1.165, 1.54) is 20.0 Å². The average molecular weight is 347 g/mol. The Labute approximate surface area is 145 Å². The first kappa shape index (κ1) is 18.6. The molecule has 0 aliphatic rings. The lowest BCUT2D eigenvalue weighted by Gasteiger charge is -2.30. The molecule has 2 rings (SSSR count). The number of carboxylic acid groups (broad SMARTS) is 1. The van der Waals surface area contributed by atoms with Crippen LogP contribution in [0.5, 0.6) is 0 Å². The molecule has 0 amide bonds. The molecule has 2 aromatic rings. The van der Waals surface area contributed by atoms with Crippen molar-refractivity contribution in [1.29, 1.82) is 0 Å². The van der Waals surface area contributed by atoms with Crippen molar-refractivity contribution in [2.75, 3.05) is 0 Å². The third kappa shape index (κ3) is 4.88. The van der Waals surface area contributed by atoms with Crippen LogP contribution in [0.25, 0.3) is 0 Å². The predicted octanol–water partition coefficient (Wildman–Crippen LogP) is 0.917. The number of aliphatic carboxylic acids is 1. The normalized spacial score (nSPS) is 13.9. The first-order valence-electron chi connectivity index (χ1n) is 7.69. The van der Waals surface area contributed by atoms with Gasteiger partial charge in [0.2, 0.25) is 0 Å². The number of benzene rings is 1. The van der Waals surface area contributed by atoms with Crippen LogP contribution < -0.4 is 5.32 Å². The lowest BCUT2D eigenvalue weighted by Crippen LogP contribution is -2.53. The minimum atomic E-state index is -1.44. The molecule has 8 heteroatoms. The summed E-state index contributed by atoms with van der Waals surface area (Å²) in [5.74, 6) is -1.09. The van der Waals surface area contributed by atoms with Crippen molar-refractivity contribution in [3.8, 4) is 0 Å². The highest BCUT2D eigenvalue weighted by Gasteiger charge is 2.36. The summed E-state index contributed by atoms with van der Waals surface area (Å²) in [4.78, 5) is 26.2. The van der Waals surface area contributed by atoms with E-state index >= 15 is 0 Å². The maximum atomic E-state index is 11.6. The van der Waals surface area contributed by atoms with Crippen LogP contribution in [0.2, 0.25) is 0 Å². The van der Waals surface area contributed by atoms with Crippen LogP contribution in [0.4, 0.5) is 0 Å². The summed E-state index contributed by atoms with van der Waals surface area (Å²) in [7, 11) is 0. The van der Waals surface area contributed by atoms with E-state index in [9.17, 15) is 19.8 Å². The lowest BCUT2D eigenvalue weighted by atomic mass is 10.1. The Morgan fingerprint density at radius 1 is 1.40 bits per heavy atom. The highest BCUT2D eigenvalue weighted by molar-refractivity contribution is 5.74. The molecular formula is C17H21N3O5. The first-order chi connectivity index (χ1) is 11.8. The van der Waals surface area contributed by atoms with Crippen molar-refractivity contribution < 1.29 is 24.5 Å². The second-order valence-corrected chi connectivity index (χ2v) is 6.03. The van der Waals surface area contributed by atoms with Crippen molar-refractivity contribution in [2.24, 2.45) is 0 Å². The molecule has 2 atom stereocenters. The highest BCUT2D eigenvalue weighted by Crippen LogP contribution is 2.19. The van der Waals surface area contributed by atoms with Crippen LogP contribution in [-0.2, 0) is 20.9 Å². The van der Waals surface area contributed by atoms with Crippen molar-refractivity contribution in [2.45, 2.75) is 38.3 Å². The Kier molecular flexibility index (Phi) is 5.89. The van der Waals surface area contributed by atoms with E-state index in [1.54, 1.807) is 10.8 Å². The molecule has 8 nitrogen and oxygen atoms in total. The summed E-state index contributed by atoms with van der Waals surface area (Å²) >= 11 is 0. The van der Waals surface area contributed by atoms with E-state index < -0.39 is 23.8 Å². The number of nitrogens with one attached hydrogen (secondary N) is 1. The Hall–Kier alpha value is -2.71. The van der Waals surface area contributed by atoms with Gasteiger partial charge in [0.15, 0.2) is 5.72 Å². The Morgan fingerprint density at radius 2 is 2.08 bits per heavy atom. The summed E-state index contributed by atoms with van der Waals surface area (Å²) < 4.78 is 6.48. The summed E-state index contributed by atoms with van der Waals surface area (Å²) in [6.45, 7) is 3.63. The lowest BCUT2D eigenvalue weighted by molar-refractivity contribution is -0.154. The molecule has 25 heavy (non-hydrogen) atoms. The number of carbonyl (C=O) groups excluding carboxylic acids is 1. The van der Waals surface area contributed by atoms with Crippen molar-refractivity contribution >= 4 is 12.4 Å². The van der Waals surface area contributed by atoms with Gasteiger partial charge < -0.3 is 19.5 Å². The third-order valence-electron chi connectivity index (χ3n) is 3.64. The minimum Gasteiger partial charge on any atom is -0.480 e. The molecule has 1 aromatic carbocycles. The van der Waals surface area contributed by atoms with Gasteiger partial charge in [0.25, 0.3) is 6.47 Å². The largest absolute Gasteiger partial charge is 0.480 e. The van der Waals surface area contributed by atoms with Gasteiger partial charge in [0.1, 0.15) is 18.0 Å². The summed E-state index contributed by atoms with van der Waals surface area (Å²) in [6.07, 6.45) is 1.72. The van der Waals surface area contributed by atoms with E-state index in [2.05, 4.69) is 10.3 Å². The fraction of sp³-hybridized carbons (Fsp3) is 0.353. The van der Waals surface area contributed by atoms with Crippen molar-refractivity contribution in [3.63, 3.8) is 0 Å². The van der Waals surface area contributed by atoms with E-state index in [-0.39, 0.29) is 12.3 Å². The van der Waals surface area contributed by atoms with Gasteiger partial charge in [-0.15, -0.1) is 0 Å². The van der Waals surface area contributed by atoms with Crippen LogP contribution in [0.15, 0.2) is 42.7 Å². The van der Waals surface area contributed by atoms with Crippen molar-refractivity contribution in [3.05, 3.63) is 54.1 Å². The Bertz CT molecular complexity index is 714. The number of carbonyl (C=O) groups is 2. The maximum Gasteiger partial charge on any atom is 0.324 e. The first-order valence-corrected chi connectivity index (χ1v) is 7.69. The maximum absolute atomic E-state index is 11.6. The van der Waals surface area contributed by atoms with E-state index in [4.69, 9.17) is 4.74 Å². The van der Waals surface area contributed by atoms with Crippen molar-refractivity contribution in [1.82, 2.24) is 14.9 Å². The molecule has 0 saturated carbocycles. The van der Waals surface area contributed by atoms with Gasteiger partial charge in [-0.1, -0.05) is 30.3 Å². The molecule has 0 aliphatic heterocycles.